The summed E-state index contributed by atoms with van der Waals surface area (Å²) in [4.78, 5) is 72.5. The molecule has 2 bridgehead atoms. The quantitative estimate of drug-likeness (QED) is 0.0436. The number of hydrogen-bond donors (Lipinski definition) is 3. The number of allylic oxidation sites excluding steroid dienone is 6. The van der Waals surface area contributed by atoms with E-state index in [-0.39, 0.29) is 80.5 Å². The fraction of sp³-hybridized carbons (Fsp3) is 0.764. The topological polar surface area (TPSA) is 205 Å². The van der Waals surface area contributed by atoms with Crippen LogP contribution in [0.5, 0.6) is 0 Å². The fourth-order valence-corrected chi connectivity index (χ4v) is 11.0. The largest absolute Gasteiger partial charge is 0.460 e. The Morgan fingerprint density at radius 2 is 1.62 bits per heavy atom. The first-order valence-corrected chi connectivity index (χ1v) is 27.7. The zero-order chi connectivity index (χ0) is 52.4. The summed E-state index contributed by atoms with van der Waals surface area (Å²) in [5.74, 6) is -8.00. The Bertz CT molecular complexity index is 1870. The molecule has 0 aromatic heterocycles. The smallest absolute Gasteiger partial charge is 0.329 e. The van der Waals surface area contributed by atoms with Gasteiger partial charge < -0.3 is 48.6 Å². The third-order valence-electron chi connectivity index (χ3n) is 15.2. The number of carbonyl (C=O) groups excluding carboxylic acids is 5. The zero-order valence-electron chi connectivity index (χ0n) is 43.9. The van der Waals surface area contributed by atoms with E-state index in [0.717, 1.165) is 35.7 Å². The number of esters is 1. The normalized spacial score (nSPS) is 38.0. The van der Waals surface area contributed by atoms with Gasteiger partial charge in [-0.25, -0.2) is 4.79 Å². The van der Waals surface area contributed by atoms with Gasteiger partial charge in [0, 0.05) is 62.4 Å². The van der Waals surface area contributed by atoms with Crippen molar-refractivity contribution in [3.8, 4) is 0 Å². The highest BCUT2D eigenvalue weighted by molar-refractivity contribution is 14.1. The number of rotatable bonds is 12. The molecule has 4 rings (SSSR count). The molecule has 4 aliphatic rings. The molecule has 0 unspecified atom stereocenters. The number of Topliss-reactive ketones (excluding diaryl/α,β-unsaturated/α-hetero) is 3. The first-order valence-electron chi connectivity index (χ1n) is 26.2. The van der Waals surface area contributed by atoms with Crippen LogP contribution in [0.15, 0.2) is 47.6 Å². The Morgan fingerprint density at radius 3 is 2.31 bits per heavy atom. The van der Waals surface area contributed by atoms with Crippen molar-refractivity contribution in [1.82, 2.24) is 4.90 Å². The van der Waals surface area contributed by atoms with Crippen molar-refractivity contribution in [2.24, 2.45) is 35.5 Å². The number of ketones is 3. The van der Waals surface area contributed by atoms with Gasteiger partial charge in [-0.1, -0.05) is 93.7 Å². The van der Waals surface area contributed by atoms with Crippen molar-refractivity contribution in [1.29, 1.82) is 0 Å². The molecule has 0 aromatic rings. The molecule has 71 heavy (non-hydrogen) atoms. The summed E-state index contributed by atoms with van der Waals surface area (Å²) >= 11 is 2.34. The van der Waals surface area contributed by atoms with E-state index in [9.17, 15) is 39.3 Å². The van der Waals surface area contributed by atoms with Crippen LogP contribution in [0.4, 0.5) is 0 Å². The minimum Gasteiger partial charge on any atom is -0.460 e. The van der Waals surface area contributed by atoms with E-state index in [1.165, 1.54) is 12.0 Å². The molecule has 1 aliphatic carbocycles. The van der Waals surface area contributed by atoms with Crippen molar-refractivity contribution < 1.29 is 67.7 Å². The second kappa shape index (κ2) is 30.0. The number of fused-ring (bicyclic) bond motifs is 3. The van der Waals surface area contributed by atoms with E-state index in [4.69, 9.17) is 28.4 Å². The maximum Gasteiger partial charge on any atom is 0.329 e. The van der Waals surface area contributed by atoms with Gasteiger partial charge in [0.2, 0.25) is 5.79 Å². The molecular formula is C55H86INO14. The second-order valence-electron chi connectivity index (χ2n) is 20.8. The van der Waals surface area contributed by atoms with Crippen molar-refractivity contribution >= 4 is 51.8 Å². The van der Waals surface area contributed by atoms with Crippen LogP contribution in [0.1, 0.15) is 132 Å². The van der Waals surface area contributed by atoms with Crippen LogP contribution in [0.2, 0.25) is 0 Å². The highest BCUT2D eigenvalue weighted by atomic mass is 127. The Morgan fingerprint density at radius 1 is 0.873 bits per heavy atom. The third kappa shape index (κ3) is 17.4. The highest BCUT2D eigenvalue weighted by Crippen LogP contribution is 2.38. The standard InChI is InChI=1S/C55H86INO14/c1-34-16-11-10-12-17-35(2)46(69-27-25-58)32-42-21-19-40(7)55(65,71-42)52(62)53(63)57-24-14-13-18-43(57)54(64)70-47(37(4)30-41-20-22-45(48(31-41)66-8)68-26-15-23-56)33-44(59)36(3)29-39(6)50(61)51(67-9)49(60)38(5)28-34/h10-12,16-17,29,34,36-38,40-43,45-48,50-51,58,61,65H,13-15,18-28,30-33H2,1-9H3/b12-10+,16-11+,35-17+,39-29+/t34-,36-,37-,38-,40-,41+,42+,43+,45-,46+,47+,48-,50-,51+,55-/m1/s1. The van der Waals surface area contributed by atoms with Crippen LogP contribution in [-0.2, 0) is 52.4 Å². The summed E-state index contributed by atoms with van der Waals surface area (Å²) in [5, 5.41) is 33.2. The molecule has 0 radical (unpaired) electrons. The predicted molar refractivity (Wildman–Crippen MR) is 278 cm³/mol. The van der Waals surface area contributed by atoms with Crippen LogP contribution in [0.3, 0.4) is 0 Å². The number of aliphatic hydroxyl groups is 3. The minimum atomic E-state index is -2.47. The number of carbonyl (C=O) groups is 5. The van der Waals surface area contributed by atoms with Crippen molar-refractivity contribution in [2.75, 3.05) is 45.0 Å². The number of cyclic esters (lactones) is 1. The van der Waals surface area contributed by atoms with Gasteiger partial charge in [-0.3, -0.25) is 19.2 Å². The van der Waals surface area contributed by atoms with Gasteiger partial charge in [-0.2, -0.15) is 0 Å². The lowest BCUT2D eigenvalue weighted by Crippen LogP contribution is -2.61. The zero-order valence-corrected chi connectivity index (χ0v) is 46.1. The molecule has 15 nitrogen and oxygen atoms in total. The van der Waals surface area contributed by atoms with Gasteiger partial charge in [0.25, 0.3) is 11.7 Å². The van der Waals surface area contributed by atoms with Crippen LogP contribution >= 0.6 is 22.6 Å². The van der Waals surface area contributed by atoms with Gasteiger partial charge in [-0.05, 0) is 113 Å². The van der Waals surface area contributed by atoms with E-state index in [2.05, 4.69) is 22.6 Å². The number of hydrogen-bond acceptors (Lipinski definition) is 14. The molecule has 1 saturated carbocycles. The van der Waals surface area contributed by atoms with Crippen LogP contribution in [-0.4, -0.2) is 149 Å². The predicted octanol–water partition coefficient (Wildman–Crippen LogP) is 7.39. The summed E-state index contributed by atoms with van der Waals surface area (Å²) in [5.41, 5.74) is 1.20. The number of halogens is 1. The van der Waals surface area contributed by atoms with Gasteiger partial charge in [-0.15, -0.1) is 0 Å². The van der Waals surface area contributed by atoms with Crippen LogP contribution in [0, 0.1) is 35.5 Å². The first kappa shape index (κ1) is 60.9. The van der Waals surface area contributed by atoms with Gasteiger partial charge in [0.15, 0.2) is 5.78 Å². The van der Waals surface area contributed by atoms with Crippen molar-refractivity contribution in [3.05, 3.63) is 47.6 Å². The minimum absolute atomic E-state index is 0.00518. The molecule has 2 saturated heterocycles. The maximum atomic E-state index is 14.5. The lowest BCUT2D eigenvalue weighted by atomic mass is 9.78. The number of methoxy groups -OCH3 is 2. The summed E-state index contributed by atoms with van der Waals surface area (Å²) in [6.45, 7) is 13.2. The van der Waals surface area contributed by atoms with Crippen molar-refractivity contribution in [2.45, 2.75) is 186 Å². The summed E-state index contributed by atoms with van der Waals surface area (Å²) < 4.78 is 37.3. The summed E-state index contributed by atoms with van der Waals surface area (Å²) in [6, 6.07) is -1.15. The highest BCUT2D eigenvalue weighted by Gasteiger charge is 2.53. The third-order valence-corrected chi connectivity index (χ3v) is 16.0. The molecule has 0 spiro atoms. The summed E-state index contributed by atoms with van der Waals surface area (Å²) in [6.07, 6.45) is 13.0. The average Bonchev–Trinajstić information content (AvgIpc) is 3.35. The molecule has 0 aromatic carbocycles. The Balaban J connectivity index is 1.70. The molecule has 15 atom stereocenters. The molecule has 402 valence electrons. The molecule has 3 heterocycles. The first-order chi connectivity index (χ1) is 33.8. The van der Waals surface area contributed by atoms with Gasteiger partial charge in [0.1, 0.15) is 30.1 Å². The lowest BCUT2D eigenvalue weighted by Gasteiger charge is -2.43. The maximum absolute atomic E-state index is 14.5. The summed E-state index contributed by atoms with van der Waals surface area (Å²) in [7, 11) is 3.07. The van der Waals surface area contributed by atoms with E-state index in [0.29, 0.717) is 50.7 Å². The lowest BCUT2D eigenvalue weighted by molar-refractivity contribution is -0.266. The molecule has 3 aliphatic heterocycles. The molecule has 1 amide bonds. The molecule has 16 heteroatoms. The van der Waals surface area contributed by atoms with Gasteiger partial charge in [0.05, 0.1) is 37.6 Å². The number of aliphatic hydroxyl groups excluding tert-OH is 2. The van der Waals surface area contributed by atoms with Crippen LogP contribution in [0.25, 0.3) is 0 Å². The number of ether oxygens (including phenoxy) is 6. The second-order valence-corrected chi connectivity index (χ2v) is 21.9. The Labute approximate surface area is 437 Å². The molecule has 3 fully saturated rings. The van der Waals surface area contributed by atoms with E-state index in [1.54, 1.807) is 34.0 Å². The Hall–Kier alpha value is -2.68. The van der Waals surface area contributed by atoms with Crippen molar-refractivity contribution in [3.63, 3.8) is 0 Å². The number of alkyl halides is 1. The SMILES string of the molecule is CO[C@@H]1C[C@H](C[C@@H](C)[C@@H]2CC(=O)[C@H](C)/C=C(\C)[C@@H](O)[C@@H](OC)C(=O)[C@H](C)C[C@H](C)/C=C/C=C/C=C(\C)[C@@H](OCCO)C[C@@H]3CC[C@@H](C)[C@@](O)(O3)C(=O)C(=O)N3CCCC[C@H]3C(=O)O2)CC[C@H]1OCCCI. The number of amides is 1. The van der Waals surface area contributed by atoms with Gasteiger partial charge >= 0.3 is 5.97 Å². The molecule has 3 N–H and O–H groups in total. The van der Waals surface area contributed by atoms with E-state index < -0.39 is 77.8 Å². The average molecular weight is 1110 g/mol. The van der Waals surface area contributed by atoms with E-state index >= 15 is 0 Å². The fourth-order valence-electron chi connectivity index (χ4n) is 10.7. The monoisotopic (exact) mass is 1110 g/mol. The van der Waals surface area contributed by atoms with E-state index in [1.807, 2.05) is 58.1 Å². The number of piperidine rings is 1. The molecular weight excluding hydrogens is 1030 g/mol. The Kier molecular flexibility index (Phi) is 25.7. The van der Waals surface area contributed by atoms with Crippen LogP contribution < -0.4 is 0 Å². The number of nitrogens with zero attached hydrogens (tertiary/aromatic N) is 1.